The molecule has 0 amide bonds. The average Bonchev–Trinajstić information content (AvgIpc) is 3.18. The van der Waals surface area contributed by atoms with Gasteiger partial charge in [0.05, 0.1) is 11.9 Å². The predicted molar refractivity (Wildman–Crippen MR) is 110 cm³/mol. The number of hydrogen-bond donors (Lipinski definition) is 3. The minimum absolute atomic E-state index is 0.246. The van der Waals surface area contributed by atoms with E-state index in [0.717, 1.165) is 23.0 Å². The van der Waals surface area contributed by atoms with E-state index < -0.39 is 26.2 Å². The Labute approximate surface area is 170 Å². The first-order chi connectivity index (χ1) is 14.3. The second kappa shape index (κ2) is 7.44. The van der Waals surface area contributed by atoms with Crippen molar-refractivity contribution in [3.8, 4) is 16.9 Å². The van der Waals surface area contributed by atoms with Crippen molar-refractivity contribution in [3.05, 3.63) is 87.3 Å². The summed E-state index contributed by atoms with van der Waals surface area (Å²) in [5, 5.41) is 8.27. The molecular weight excluding hydrogens is 408 g/mol. The van der Waals surface area contributed by atoms with Gasteiger partial charge in [0, 0.05) is 17.4 Å². The van der Waals surface area contributed by atoms with Gasteiger partial charge < -0.3 is 4.98 Å². The topological polar surface area (TPSA) is 143 Å². The molecule has 0 radical (unpaired) electrons. The third kappa shape index (κ3) is 3.91. The number of H-pyrrole nitrogens is 2. The summed E-state index contributed by atoms with van der Waals surface area (Å²) in [6.07, 6.45) is 2.62. The molecule has 3 N–H and O–H groups in total. The highest BCUT2D eigenvalue weighted by atomic mass is 32.2. The lowest BCUT2D eigenvalue weighted by Gasteiger charge is -2.07. The van der Waals surface area contributed by atoms with Crippen molar-refractivity contribution in [2.24, 2.45) is 0 Å². The Balaban J connectivity index is 1.55. The summed E-state index contributed by atoms with van der Waals surface area (Å²) in [5.41, 5.74) is 1.81. The van der Waals surface area contributed by atoms with Crippen LogP contribution in [0.3, 0.4) is 0 Å². The fourth-order valence-corrected chi connectivity index (χ4v) is 3.80. The predicted octanol–water partition coefficient (Wildman–Crippen LogP) is 1.42. The molecule has 0 unspecified atom stereocenters. The highest BCUT2D eigenvalue weighted by molar-refractivity contribution is 7.92. The van der Waals surface area contributed by atoms with Crippen LogP contribution < -0.4 is 16.0 Å². The maximum absolute atomic E-state index is 12.4. The van der Waals surface area contributed by atoms with E-state index in [9.17, 15) is 18.0 Å². The van der Waals surface area contributed by atoms with E-state index in [1.807, 2.05) is 36.2 Å². The van der Waals surface area contributed by atoms with Crippen LogP contribution >= 0.6 is 0 Å². The average molecular weight is 424 g/mol. The number of aryl methyl sites for hydroxylation is 1. The second-order valence-corrected chi connectivity index (χ2v) is 8.15. The number of anilines is 1. The van der Waals surface area contributed by atoms with E-state index in [1.165, 1.54) is 12.1 Å². The molecule has 0 spiro atoms. The van der Waals surface area contributed by atoms with Gasteiger partial charge >= 0.3 is 5.69 Å². The Hall–Kier alpha value is -3.99. The van der Waals surface area contributed by atoms with Crippen molar-refractivity contribution < 1.29 is 8.42 Å². The molecular formula is C19H16N6O4S. The number of aromatic nitrogens is 5. The van der Waals surface area contributed by atoms with Crippen LogP contribution in [0.4, 0.5) is 5.69 Å². The van der Waals surface area contributed by atoms with Crippen LogP contribution in [-0.2, 0) is 10.0 Å². The van der Waals surface area contributed by atoms with Gasteiger partial charge in [-0.05, 0) is 31.2 Å². The van der Waals surface area contributed by atoms with E-state index in [-0.39, 0.29) is 5.69 Å². The summed E-state index contributed by atoms with van der Waals surface area (Å²) in [6.45, 7) is 2.00. The van der Waals surface area contributed by atoms with Gasteiger partial charge in [0.25, 0.3) is 15.6 Å². The van der Waals surface area contributed by atoms with Gasteiger partial charge in [-0.25, -0.2) is 17.9 Å². The quantitative estimate of drug-likeness (QED) is 0.442. The van der Waals surface area contributed by atoms with E-state index >= 15 is 0 Å². The zero-order chi connectivity index (χ0) is 21.3. The normalized spacial score (nSPS) is 11.4. The summed E-state index contributed by atoms with van der Waals surface area (Å²) in [6, 6.07) is 14.3. The Morgan fingerprint density at radius 2 is 1.70 bits per heavy atom. The molecule has 4 rings (SSSR count). The van der Waals surface area contributed by atoms with Crippen molar-refractivity contribution in [2.45, 2.75) is 11.8 Å². The van der Waals surface area contributed by atoms with Crippen molar-refractivity contribution in [1.29, 1.82) is 0 Å². The maximum Gasteiger partial charge on any atom is 0.325 e. The van der Waals surface area contributed by atoms with Gasteiger partial charge in [0.15, 0.2) is 4.90 Å². The van der Waals surface area contributed by atoms with Crippen LogP contribution in [0.5, 0.6) is 0 Å². The number of rotatable bonds is 5. The van der Waals surface area contributed by atoms with Crippen molar-refractivity contribution in [3.63, 3.8) is 0 Å². The third-order valence-electron chi connectivity index (χ3n) is 4.30. The molecule has 30 heavy (non-hydrogen) atoms. The van der Waals surface area contributed by atoms with Crippen molar-refractivity contribution in [2.75, 3.05) is 4.72 Å². The highest BCUT2D eigenvalue weighted by Gasteiger charge is 2.19. The van der Waals surface area contributed by atoms with Crippen LogP contribution in [-0.4, -0.2) is 33.4 Å². The van der Waals surface area contributed by atoms with E-state index in [4.69, 9.17) is 0 Å². The molecule has 0 aliphatic carbocycles. The third-order valence-corrected chi connectivity index (χ3v) is 5.69. The molecule has 0 fully saturated rings. The fourth-order valence-electron chi connectivity index (χ4n) is 2.74. The monoisotopic (exact) mass is 424 g/mol. The van der Waals surface area contributed by atoms with Gasteiger partial charge in [0.2, 0.25) is 0 Å². The summed E-state index contributed by atoms with van der Waals surface area (Å²) in [4.78, 5) is 26.2. The van der Waals surface area contributed by atoms with Gasteiger partial charge in [-0.15, -0.1) is 5.10 Å². The zero-order valence-electron chi connectivity index (χ0n) is 15.7. The molecule has 4 aromatic rings. The molecule has 152 valence electrons. The molecule has 11 heteroatoms. The Bertz CT molecular complexity index is 1420. The maximum atomic E-state index is 12.4. The molecule has 0 aliphatic rings. The molecule has 2 heterocycles. The van der Waals surface area contributed by atoms with Crippen LogP contribution in [0.1, 0.15) is 5.56 Å². The lowest BCUT2D eigenvalue weighted by atomic mass is 10.1. The molecule has 0 atom stereocenters. The lowest BCUT2D eigenvalue weighted by molar-refractivity contribution is 0.599. The van der Waals surface area contributed by atoms with E-state index in [0.29, 0.717) is 5.69 Å². The zero-order valence-corrected chi connectivity index (χ0v) is 16.5. The van der Waals surface area contributed by atoms with Gasteiger partial charge in [-0.1, -0.05) is 35.0 Å². The Kier molecular flexibility index (Phi) is 4.80. The minimum atomic E-state index is -4.17. The van der Waals surface area contributed by atoms with Crippen LogP contribution in [0.25, 0.3) is 16.9 Å². The molecule has 2 aromatic carbocycles. The SMILES string of the molecule is Cc1ccc(-n2cc(-c3ccc(NS(=O)(=O)c4c[nH]c(=O)[nH]c4=O)cc3)nn2)cc1. The number of sulfonamides is 1. The fraction of sp³-hybridized carbons (Fsp3) is 0.0526. The minimum Gasteiger partial charge on any atom is -0.313 e. The summed E-state index contributed by atoms with van der Waals surface area (Å²) in [5.74, 6) is 0. The van der Waals surface area contributed by atoms with E-state index in [2.05, 4.69) is 20.0 Å². The molecule has 0 saturated carbocycles. The van der Waals surface area contributed by atoms with Gasteiger partial charge in [-0.3, -0.25) is 14.5 Å². The first-order valence-corrected chi connectivity index (χ1v) is 10.2. The number of nitrogens with zero attached hydrogens (tertiary/aromatic N) is 3. The van der Waals surface area contributed by atoms with Crippen LogP contribution in [0.2, 0.25) is 0 Å². The van der Waals surface area contributed by atoms with Crippen molar-refractivity contribution >= 4 is 15.7 Å². The second-order valence-electron chi connectivity index (χ2n) is 6.50. The molecule has 0 saturated heterocycles. The summed E-state index contributed by atoms with van der Waals surface area (Å²) < 4.78 is 28.7. The number of hydrogen-bond acceptors (Lipinski definition) is 6. The van der Waals surface area contributed by atoms with E-state index in [1.54, 1.807) is 23.0 Å². The summed E-state index contributed by atoms with van der Waals surface area (Å²) >= 11 is 0. The van der Waals surface area contributed by atoms with Crippen LogP contribution in [0.15, 0.2) is 75.4 Å². The molecule has 2 aromatic heterocycles. The van der Waals surface area contributed by atoms with Crippen molar-refractivity contribution in [1.82, 2.24) is 25.0 Å². The molecule has 0 bridgehead atoms. The highest BCUT2D eigenvalue weighted by Crippen LogP contribution is 2.21. The molecule has 10 nitrogen and oxygen atoms in total. The van der Waals surface area contributed by atoms with Crippen LogP contribution in [0, 0.1) is 6.92 Å². The first-order valence-electron chi connectivity index (χ1n) is 8.76. The smallest absolute Gasteiger partial charge is 0.313 e. The Morgan fingerprint density at radius 1 is 1.00 bits per heavy atom. The first kappa shape index (κ1) is 19.3. The molecule has 0 aliphatic heterocycles. The summed E-state index contributed by atoms with van der Waals surface area (Å²) in [7, 11) is -4.17. The lowest BCUT2D eigenvalue weighted by Crippen LogP contribution is -2.29. The van der Waals surface area contributed by atoms with Gasteiger partial charge in [-0.2, -0.15) is 0 Å². The Morgan fingerprint density at radius 3 is 2.37 bits per heavy atom. The van der Waals surface area contributed by atoms with Gasteiger partial charge in [0.1, 0.15) is 5.69 Å². The number of benzene rings is 2. The number of nitrogens with one attached hydrogen (secondary N) is 3. The largest absolute Gasteiger partial charge is 0.325 e. The number of aromatic amines is 2. The standard InChI is InChI=1S/C19H16N6O4S/c1-12-2-8-15(9-3-12)25-11-16(22-24-25)13-4-6-14(7-5-13)23-30(28,29)17-10-20-19(27)21-18(17)26/h2-11,23H,1H3,(H2,20,21,26,27).